The summed E-state index contributed by atoms with van der Waals surface area (Å²) < 4.78 is 42.7. The van der Waals surface area contributed by atoms with Gasteiger partial charge in [0.15, 0.2) is 0 Å². The summed E-state index contributed by atoms with van der Waals surface area (Å²) in [6.45, 7) is 10.1. The van der Waals surface area contributed by atoms with Crippen LogP contribution in [-0.2, 0) is 24.1 Å². The third-order valence-corrected chi connectivity index (χ3v) is 12.7. The average molecular weight is 786 g/mol. The number of nitrogens with zero attached hydrogens (tertiary/aromatic N) is 3. The highest BCUT2D eigenvalue weighted by Crippen LogP contribution is 2.60. The number of nitrogens with two attached hydrogens (primary N) is 1. The van der Waals surface area contributed by atoms with Crippen molar-refractivity contribution in [3.63, 3.8) is 0 Å². The Labute approximate surface area is 329 Å². The Morgan fingerprint density at radius 1 is 0.964 bits per heavy atom. The molecule has 4 aromatic rings. The molecule has 1 unspecified atom stereocenters. The second kappa shape index (κ2) is 17.4. The van der Waals surface area contributed by atoms with Crippen molar-refractivity contribution in [2.45, 2.75) is 89.1 Å². The van der Waals surface area contributed by atoms with Gasteiger partial charge in [-0.25, -0.2) is 9.46 Å². The summed E-state index contributed by atoms with van der Waals surface area (Å²) in [5.74, 6) is 0.839. The van der Waals surface area contributed by atoms with E-state index in [0.29, 0.717) is 23.5 Å². The van der Waals surface area contributed by atoms with Crippen LogP contribution in [0.3, 0.4) is 0 Å². The summed E-state index contributed by atoms with van der Waals surface area (Å²) in [5.41, 5.74) is 6.44. The molecule has 0 spiro atoms. The van der Waals surface area contributed by atoms with Crippen molar-refractivity contribution >= 4 is 8.53 Å². The lowest BCUT2D eigenvalue weighted by Crippen LogP contribution is -2.48. The maximum absolute atomic E-state index is 13.5. The third-order valence-electron chi connectivity index (χ3n) is 10.6. The zero-order chi connectivity index (χ0) is 40.2. The number of fused-ring (bicyclic) bond motifs is 2. The fourth-order valence-electron chi connectivity index (χ4n) is 8.08. The topological polar surface area (TPSA) is 163 Å². The molecule has 3 aromatic carbocycles. The fourth-order valence-corrected chi connectivity index (χ4v) is 9.91. The van der Waals surface area contributed by atoms with Crippen molar-refractivity contribution in [2.75, 3.05) is 27.4 Å². The van der Waals surface area contributed by atoms with E-state index in [1.807, 2.05) is 78.9 Å². The molecule has 298 valence electrons. The van der Waals surface area contributed by atoms with Gasteiger partial charge in [-0.05, 0) is 82.0 Å². The molecule has 2 bridgehead atoms. The van der Waals surface area contributed by atoms with Crippen LogP contribution >= 0.6 is 8.53 Å². The predicted octanol–water partition coefficient (Wildman–Crippen LogP) is 6.15. The number of aryl methyl sites for hydroxylation is 1. The molecular formula is C42H52N5O8P. The molecule has 3 N–H and O–H groups in total. The molecule has 1 saturated heterocycles. The molecule has 14 heteroatoms. The number of H-pyrrole nitrogens is 1. The van der Waals surface area contributed by atoms with E-state index in [9.17, 15) is 14.9 Å². The SMILES string of the molecule is COc1ccc(C(OC[C@@]23C[C@H](N)[C@@H]([C@H](n4cc(C)c(=O)[nH]c4=O)O2)[C@@H]3OP(OCCC#N)N(C(C)C)C(C)C)(c2ccccc2)c2ccc(OC)cc2)cc1. The van der Waals surface area contributed by atoms with E-state index >= 15 is 0 Å². The van der Waals surface area contributed by atoms with Crippen LogP contribution < -0.4 is 26.5 Å². The highest BCUT2D eigenvalue weighted by Gasteiger charge is 2.66. The Bertz CT molecular complexity index is 2030. The number of hydrogen-bond donors (Lipinski definition) is 2. The van der Waals surface area contributed by atoms with Crippen LogP contribution in [0.4, 0.5) is 0 Å². The Morgan fingerprint density at radius 3 is 2.07 bits per heavy atom. The molecule has 2 heterocycles. The van der Waals surface area contributed by atoms with Gasteiger partial charge in [-0.15, -0.1) is 0 Å². The van der Waals surface area contributed by atoms with Crippen LogP contribution in [0, 0.1) is 24.2 Å². The average Bonchev–Trinajstić information content (AvgIpc) is 3.64. The van der Waals surface area contributed by atoms with Crippen molar-refractivity contribution < 1.29 is 28.0 Å². The highest BCUT2D eigenvalue weighted by atomic mass is 31.2. The number of methoxy groups -OCH3 is 2. The summed E-state index contributed by atoms with van der Waals surface area (Å²) in [5, 5.41) is 9.40. The van der Waals surface area contributed by atoms with Gasteiger partial charge < -0.3 is 33.7 Å². The standard InChI is InChI=1S/C42H52N5O8P/c1-27(2)47(28(3)4)56(53-23-11-22-43)55-37-36-35(44)24-41(37,54-39(36)46-25-29(5)38(48)45-40(46)49)26-52-42(30-12-9-8-10-13-30,31-14-18-33(50-6)19-15-31)32-16-20-34(51-7)21-17-32/h8-10,12-21,25,27-28,35-37,39H,11,23-24,26,44H2,1-7H3,(H,45,48,49)/t35-,36+,37-,39+,41+,56?/m0/s1. The Kier molecular flexibility index (Phi) is 12.8. The lowest BCUT2D eigenvalue weighted by Gasteiger charge is -2.42. The summed E-state index contributed by atoms with van der Waals surface area (Å²) in [6, 6.07) is 27.2. The molecule has 2 aliphatic rings. The van der Waals surface area contributed by atoms with Crippen LogP contribution in [0.5, 0.6) is 11.5 Å². The van der Waals surface area contributed by atoms with Crippen molar-refractivity contribution in [1.82, 2.24) is 14.2 Å². The second-order valence-electron chi connectivity index (χ2n) is 14.9. The molecule has 0 amide bonds. The molecular weight excluding hydrogens is 733 g/mol. The van der Waals surface area contributed by atoms with Crippen molar-refractivity contribution in [3.05, 3.63) is 128 Å². The van der Waals surface area contributed by atoms with E-state index in [-0.39, 0.29) is 31.7 Å². The third kappa shape index (κ3) is 7.93. The van der Waals surface area contributed by atoms with Crippen LogP contribution in [0.2, 0.25) is 0 Å². The largest absolute Gasteiger partial charge is 0.497 e. The van der Waals surface area contributed by atoms with Gasteiger partial charge in [-0.2, -0.15) is 5.26 Å². The van der Waals surface area contributed by atoms with Crippen LogP contribution in [0.15, 0.2) is 94.6 Å². The predicted molar refractivity (Wildman–Crippen MR) is 213 cm³/mol. The number of aromatic nitrogens is 2. The smallest absolute Gasteiger partial charge is 0.330 e. The lowest BCUT2D eigenvalue weighted by molar-refractivity contribution is -0.169. The minimum Gasteiger partial charge on any atom is -0.497 e. The van der Waals surface area contributed by atoms with Gasteiger partial charge in [0, 0.05) is 35.8 Å². The van der Waals surface area contributed by atoms with E-state index in [4.69, 9.17) is 33.7 Å². The van der Waals surface area contributed by atoms with Crippen LogP contribution in [0.1, 0.15) is 69.0 Å². The number of nitriles is 1. The number of nitrogens with one attached hydrogen (secondary N) is 1. The Balaban J connectivity index is 1.52. The van der Waals surface area contributed by atoms with Crippen LogP contribution in [-0.4, -0.2) is 71.5 Å². The van der Waals surface area contributed by atoms with E-state index in [2.05, 4.69) is 43.4 Å². The number of hydrogen-bond acceptors (Lipinski definition) is 11. The summed E-state index contributed by atoms with van der Waals surface area (Å²) in [6.07, 6.45) is 0.412. The minimum absolute atomic E-state index is 0.0207. The summed E-state index contributed by atoms with van der Waals surface area (Å²) >= 11 is 0. The Hall–Kier alpha value is -4.38. The molecule has 0 radical (unpaired) electrons. The van der Waals surface area contributed by atoms with Gasteiger partial charge >= 0.3 is 5.69 Å². The molecule has 1 saturated carbocycles. The van der Waals surface area contributed by atoms with E-state index < -0.39 is 55.3 Å². The second-order valence-corrected chi connectivity index (χ2v) is 16.3. The maximum atomic E-state index is 13.5. The number of benzene rings is 3. The molecule has 56 heavy (non-hydrogen) atoms. The number of aromatic amines is 1. The minimum atomic E-state index is -1.76. The lowest BCUT2D eigenvalue weighted by atomic mass is 9.79. The summed E-state index contributed by atoms with van der Waals surface area (Å²) in [7, 11) is 1.49. The van der Waals surface area contributed by atoms with E-state index in [1.165, 1.54) is 10.8 Å². The number of rotatable bonds is 17. The van der Waals surface area contributed by atoms with Gasteiger partial charge in [0.1, 0.15) is 35.0 Å². The van der Waals surface area contributed by atoms with Gasteiger partial charge in [0.2, 0.25) is 0 Å². The van der Waals surface area contributed by atoms with E-state index in [1.54, 1.807) is 21.1 Å². The first-order chi connectivity index (χ1) is 26.9. The quantitative estimate of drug-likeness (QED) is 0.0718. The molecule has 6 atom stereocenters. The molecule has 1 aromatic heterocycles. The zero-order valence-corrected chi connectivity index (χ0v) is 33.9. The fraction of sp³-hybridized carbons (Fsp3) is 0.452. The molecule has 13 nitrogen and oxygen atoms in total. The normalized spacial score (nSPS) is 22.5. The molecule has 2 fully saturated rings. The molecule has 6 rings (SSSR count). The first kappa shape index (κ1) is 41.3. The molecule has 1 aliphatic carbocycles. The number of ether oxygens (including phenoxy) is 4. The van der Waals surface area contributed by atoms with Crippen molar-refractivity contribution in [1.29, 1.82) is 5.26 Å². The highest BCUT2D eigenvalue weighted by molar-refractivity contribution is 7.44. The summed E-state index contributed by atoms with van der Waals surface area (Å²) in [4.78, 5) is 28.4. The molecule has 1 aliphatic heterocycles. The zero-order valence-electron chi connectivity index (χ0n) is 33.0. The van der Waals surface area contributed by atoms with E-state index in [0.717, 1.165) is 16.7 Å². The van der Waals surface area contributed by atoms with Crippen molar-refractivity contribution in [3.8, 4) is 17.6 Å². The van der Waals surface area contributed by atoms with Crippen molar-refractivity contribution in [2.24, 2.45) is 11.7 Å². The first-order valence-corrected chi connectivity index (χ1v) is 20.0. The first-order valence-electron chi connectivity index (χ1n) is 18.9. The monoisotopic (exact) mass is 785 g/mol. The van der Waals surface area contributed by atoms with Crippen LogP contribution in [0.25, 0.3) is 0 Å². The Morgan fingerprint density at radius 2 is 1.54 bits per heavy atom. The van der Waals surface area contributed by atoms with Gasteiger partial charge in [0.25, 0.3) is 14.1 Å². The van der Waals surface area contributed by atoms with Gasteiger partial charge in [-0.3, -0.25) is 14.3 Å². The maximum Gasteiger partial charge on any atom is 0.330 e. The van der Waals surface area contributed by atoms with Gasteiger partial charge in [0.05, 0.1) is 39.9 Å². The van der Waals surface area contributed by atoms with Gasteiger partial charge in [-0.1, -0.05) is 54.6 Å².